The van der Waals surface area contributed by atoms with Crippen LogP contribution in [0.3, 0.4) is 0 Å². The maximum Gasteiger partial charge on any atom is 0.340 e. The van der Waals surface area contributed by atoms with Gasteiger partial charge in [0.25, 0.3) is 5.56 Å². The Morgan fingerprint density at radius 1 is 0.878 bits per heavy atom. The standard InChI is InChI=1S/C30H34N2O9/c1-16-12-21-25(29(33)32(16)11-10-17-8-9-19(35-2)20(13-17)36-3)24(26(28(31)41-21)30(34)40-7)18-14-22(37-4)27(39-6)23(15-18)38-5/h8-9,12-15,24H,10-11,31H2,1-7H3/t24-/m0/s1. The Morgan fingerprint density at radius 2 is 1.51 bits per heavy atom. The molecule has 1 aromatic heterocycles. The van der Waals surface area contributed by atoms with Gasteiger partial charge in [-0.05, 0) is 48.7 Å². The van der Waals surface area contributed by atoms with Crippen LogP contribution in [0, 0.1) is 6.92 Å². The molecule has 11 nitrogen and oxygen atoms in total. The minimum Gasteiger partial charge on any atom is -0.493 e. The van der Waals surface area contributed by atoms with Crippen molar-refractivity contribution in [3.05, 3.63) is 80.6 Å². The highest BCUT2D eigenvalue weighted by atomic mass is 16.5. The predicted molar refractivity (Wildman–Crippen MR) is 150 cm³/mol. The van der Waals surface area contributed by atoms with Crippen LogP contribution in [0.1, 0.15) is 28.3 Å². The number of carbonyl (C=O) groups is 1. The van der Waals surface area contributed by atoms with Crippen LogP contribution in [0.5, 0.6) is 34.5 Å². The van der Waals surface area contributed by atoms with Gasteiger partial charge in [0, 0.05) is 18.3 Å². The number of nitrogens with two attached hydrogens (primary N) is 1. The molecule has 0 aliphatic carbocycles. The lowest BCUT2D eigenvalue weighted by Crippen LogP contribution is -2.35. The van der Waals surface area contributed by atoms with Crippen molar-refractivity contribution >= 4 is 5.97 Å². The van der Waals surface area contributed by atoms with Crippen molar-refractivity contribution in [2.45, 2.75) is 25.8 Å². The lowest BCUT2D eigenvalue weighted by atomic mass is 9.83. The highest BCUT2D eigenvalue weighted by Gasteiger charge is 2.39. The molecule has 1 atom stereocenters. The largest absolute Gasteiger partial charge is 0.493 e. The molecule has 2 aromatic carbocycles. The van der Waals surface area contributed by atoms with Crippen molar-refractivity contribution in [1.82, 2.24) is 4.57 Å². The van der Waals surface area contributed by atoms with Crippen molar-refractivity contribution in [1.29, 1.82) is 0 Å². The van der Waals surface area contributed by atoms with E-state index in [1.165, 1.54) is 28.4 Å². The lowest BCUT2D eigenvalue weighted by Gasteiger charge is -2.29. The molecule has 0 unspecified atom stereocenters. The molecule has 1 aliphatic rings. The second-order valence-electron chi connectivity index (χ2n) is 9.22. The van der Waals surface area contributed by atoms with Gasteiger partial charge in [-0.3, -0.25) is 4.79 Å². The normalized spacial score (nSPS) is 14.1. The molecule has 2 heterocycles. The molecule has 0 spiro atoms. The number of benzene rings is 2. The van der Waals surface area contributed by atoms with E-state index in [0.717, 1.165) is 5.56 Å². The highest BCUT2D eigenvalue weighted by Crippen LogP contribution is 2.46. The third kappa shape index (κ3) is 5.34. The molecule has 0 saturated carbocycles. The first kappa shape index (κ1) is 29.2. The molecular formula is C30H34N2O9. The fourth-order valence-electron chi connectivity index (χ4n) is 5.05. The summed E-state index contributed by atoms with van der Waals surface area (Å²) in [5.41, 5.74) is 8.24. The highest BCUT2D eigenvalue weighted by molar-refractivity contribution is 5.92. The van der Waals surface area contributed by atoms with E-state index >= 15 is 0 Å². The lowest BCUT2D eigenvalue weighted by molar-refractivity contribution is -0.136. The molecule has 0 bridgehead atoms. The van der Waals surface area contributed by atoms with Gasteiger partial charge in [0.15, 0.2) is 23.0 Å². The van der Waals surface area contributed by atoms with E-state index in [4.69, 9.17) is 38.9 Å². The van der Waals surface area contributed by atoms with E-state index in [-0.39, 0.29) is 28.3 Å². The van der Waals surface area contributed by atoms with Gasteiger partial charge in [-0.2, -0.15) is 0 Å². The summed E-state index contributed by atoms with van der Waals surface area (Å²) < 4.78 is 39.8. The summed E-state index contributed by atoms with van der Waals surface area (Å²) in [6.45, 7) is 2.16. The van der Waals surface area contributed by atoms with Crippen LogP contribution in [-0.4, -0.2) is 53.2 Å². The summed E-state index contributed by atoms with van der Waals surface area (Å²) >= 11 is 0. The summed E-state index contributed by atoms with van der Waals surface area (Å²) in [4.78, 5) is 27.2. The molecule has 41 heavy (non-hydrogen) atoms. The van der Waals surface area contributed by atoms with Crippen molar-refractivity contribution < 1.29 is 38.0 Å². The number of hydrogen-bond acceptors (Lipinski definition) is 10. The van der Waals surface area contributed by atoms with Crippen LogP contribution in [0.25, 0.3) is 0 Å². The summed E-state index contributed by atoms with van der Waals surface area (Å²) in [5.74, 6) is 0.672. The van der Waals surface area contributed by atoms with Crippen LogP contribution in [0.2, 0.25) is 0 Å². The zero-order chi connectivity index (χ0) is 29.8. The molecule has 3 aromatic rings. The van der Waals surface area contributed by atoms with Gasteiger partial charge in [-0.1, -0.05) is 6.07 Å². The molecule has 1 aliphatic heterocycles. The summed E-state index contributed by atoms with van der Waals surface area (Å²) in [6.07, 6.45) is 0.525. The van der Waals surface area contributed by atoms with Gasteiger partial charge < -0.3 is 43.5 Å². The number of carbonyl (C=O) groups excluding carboxylic acids is 1. The fourth-order valence-corrected chi connectivity index (χ4v) is 5.05. The number of hydrogen-bond donors (Lipinski definition) is 1. The molecule has 0 fully saturated rings. The number of rotatable bonds is 10. The van der Waals surface area contributed by atoms with E-state index in [0.29, 0.717) is 53.0 Å². The van der Waals surface area contributed by atoms with Crippen LogP contribution in [0.4, 0.5) is 0 Å². The molecular weight excluding hydrogens is 532 g/mol. The third-order valence-electron chi connectivity index (χ3n) is 7.07. The summed E-state index contributed by atoms with van der Waals surface area (Å²) in [7, 11) is 8.83. The number of fused-ring (bicyclic) bond motifs is 1. The summed E-state index contributed by atoms with van der Waals surface area (Å²) in [5, 5.41) is 0. The number of aryl methyl sites for hydroxylation is 2. The van der Waals surface area contributed by atoms with Gasteiger partial charge in [-0.15, -0.1) is 0 Å². The maximum absolute atomic E-state index is 14.2. The van der Waals surface area contributed by atoms with E-state index in [1.807, 2.05) is 25.1 Å². The molecule has 0 amide bonds. The van der Waals surface area contributed by atoms with E-state index in [9.17, 15) is 9.59 Å². The van der Waals surface area contributed by atoms with Gasteiger partial charge in [0.05, 0.1) is 54.1 Å². The van der Waals surface area contributed by atoms with E-state index in [2.05, 4.69) is 0 Å². The van der Waals surface area contributed by atoms with Crippen molar-refractivity contribution in [2.24, 2.45) is 5.73 Å². The Bertz CT molecular complexity index is 1530. The minimum absolute atomic E-state index is 0.0123. The molecule has 11 heteroatoms. The number of esters is 1. The number of nitrogens with zero attached hydrogens (tertiary/aromatic N) is 1. The number of ether oxygens (including phenoxy) is 7. The van der Waals surface area contributed by atoms with Crippen molar-refractivity contribution in [3.8, 4) is 34.5 Å². The smallest absolute Gasteiger partial charge is 0.340 e. The first-order valence-corrected chi connectivity index (χ1v) is 12.7. The third-order valence-corrected chi connectivity index (χ3v) is 7.07. The molecule has 0 radical (unpaired) electrons. The molecule has 2 N–H and O–H groups in total. The maximum atomic E-state index is 14.2. The second-order valence-corrected chi connectivity index (χ2v) is 9.22. The Morgan fingerprint density at radius 3 is 2.07 bits per heavy atom. The monoisotopic (exact) mass is 566 g/mol. The van der Waals surface area contributed by atoms with Gasteiger partial charge >= 0.3 is 5.97 Å². The first-order chi connectivity index (χ1) is 19.7. The topological polar surface area (TPSA) is 130 Å². The van der Waals surface area contributed by atoms with Crippen LogP contribution in [0.15, 0.2) is 52.6 Å². The second kappa shape index (κ2) is 12.2. The zero-order valence-electron chi connectivity index (χ0n) is 24.2. The Balaban J connectivity index is 1.88. The fraction of sp³-hybridized carbons (Fsp3) is 0.333. The molecule has 218 valence electrons. The van der Waals surface area contributed by atoms with E-state index in [1.54, 1.807) is 37.0 Å². The Kier molecular flexibility index (Phi) is 8.65. The zero-order valence-corrected chi connectivity index (χ0v) is 24.2. The molecule has 0 saturated heterocycles. The van der Waals surface area contributed by atoms with Crippen LogP contribution in [-0.2, 0) is 22.5 Å². The minimum atomic E-state index is -0.944. The van der Waals surface area contributed by atoms with Crippen molar-refractivity contribution in [3.63, 3.8) is 0 Å². The van der Waals surface area contributed by atoms with Gasteiger partial charge in [0.1, 0.15) is 11.3 Å². The average Bonchev–Trinajstić information content (AvgIpc) is 2.98. The number of aromatic nitrogens is 1. The molecule has 4 rings (SSSR count). The van der Waals surface area contributed by atoms with Crippen LogP contribution >= 0.6 is 0 Å². The van der Waals surface area contributed by atoms with Gasteiger partial charge in [-0.25, -0.2) is 4.79 Å². The predicted octanol–water partition coefficient (Wildman–Crippen LogP) is 3.31. The van der Waals surface area contributed by atoms with Crippen LogP contribution < -0.4 is 39.7 Å². The number of methoxy groups -OCH3 is 6. The average molecular weight is 567 g/mol. The SMILES string of the molecule is COC(=O)C1=C(N)Oc2cc(C)n(CCc3ccc(OC)c(OC)c3)c(=O)c2[C@@H]1c1cc(OC)c(OC)c(OC)c1. The Labute approximate surface area is 237 Å². The van der Waals surface area contributed by atoms with Crippen molar-refractivity contribution in [2.75, 3.05) is 42.7 Å². The van der Waals surface area contributed by atoms with E-state index < -0.39 is 11.9 Å². The quantitative estimate of drug-likeness (QED) is 0.365. The van der Waals surface area contributed by atoms with Gasteiger partial charge in [0.2, 0.25) is 11.6 Å². The summed E-state index contributed by atoms with van der Waals surface area (Å²) in [6, 6.07) is 10.7. The first-order valence-electron chi connectivity index (χ1n) is 12.7. The Hall–Kier alpha value is -4.80. The number of pyridine rings is 1.